The van der Waals surface area contributed by atoms with Gasteiger partial charge in [0.15, 0.2) is 0 Å². The van der Waals surface area contributed by atoms with Crippen molar-refractivity contribution in [3.05, 3.63) is 33.9 Å². The minimum Gasteiger partial charge on any atom is -0.370 e. The van der Waals surface area contributed by atoms with Gasteiger partial charge in [-0.2, -0.15) is 0 Å². The topological polar surface area (TPSA) is 58.4 Å². The summed E-state index contributed by atoms with van der Waals surface area (Å²) in [6.07, 6.45) is 1.11. The van der Waals surface area contributed by atoms with Crippen molar-refractivity contribution in [3.63, 3.8) is 0 Å². The molecule has 1 aliphatic heterocycles. The predicted octanol–water partition coefficient (Wildman–Crippen LogP) is 2.12. The van der Waals surface area contributed by atoms with Gasteiger partial charge in [0.05, 0.1) is 4.92 Å². The van der Waals surface area contributed by atoms with Crippen LogP contribution in [0.4, 0.5) is 11.4 Å². The van der Waals surface area contributed by atoms with Crippen molar-refractivity contribution in [1.29, 1.82) is 0 Å². The summed E-state index contributed by atoms with van der Waals surface area (Å²) in [7, 11) is 0. The van der Waals surface area contributed by atoms with Crippen molar-refractivity contribution < 1.29 is 4.92 Å². The van der Waals surface area contributed by atoms with Gasteiger partial charge in [-0.15, -0.1) is 12.4 Å². The zero-order chi connectivity index (χ0) is 12.3. The Balaban J connectivity index is 0.00000162. The first kappa shape index (κ1) is 14.7. The van der Waals surface area contributed by atoms with Gasteiger partial charge in [-0.1, -0.05) is 0 Å². The van der Waals surface area contributed by atoms with Crippen LogP contribution >= 0.6 is 12.4 Å². The van der Waals surface area contributed by atoms with Crippen LogP contribution in [0.15, 0.2) is 18.2 Å². The maximum atomic E-state index is 10.7. The van der Waals surface area contributed by atoms with E-state index in [-0.39, 0.29) is 23.0 Å². The first-order chi connectivity index (χ1) is 8.18. The number of nitro benzene ring substituents is 1. The van der Waals surface area contributed by atoms with Crippen LogP contribution < -0.4 is 10.2 Å². The monoisotopic (exact) mass is 271 g/mol. The number of rotatable bonds is 2. The zero-order valence-electron chi connectivity index (χ0n) is 10.4. The molecule has 1 heterocycles. The number of nitrogens with zero attached hydrogens (tertiary/aromatic N) is 2. The molecule has 0 saturated carbocycles. The molecular formula is C12H18ClN3O2. The molecule has 2 rings (SSSR count). The standard InChI is InChI=1S/C12H17N3O2.ClH/c1-10-9-11(3-4-12(10)15(16)17)14-7-2-5-13-6-8-14;/h3-4,9,13H,2,5-8H2,1H3;1H. The number of anilines is 1. The third kappa shape index (κ3) is 3.34. The van der Waals surface area contributed by atoms with Crippen molar-refractivity contribution in [3.8, 4) is 0 Å². The molecular weight excluding hydrogens is 254 g/mol. The Kier molecular flexibility index (Phi) is 5.37. The summed E-state index contributed by atoms with van der Waals surface area (Å²) in [5, 5.41) is 14.1. The molecule has 0 amide bonds. The van der Waals surface area contributed by atoms with E-state index in [1.165, 1.54) is 0 Å². The Morgan fingerprint density at radius 1 is 1.33 bits per heavy atom. The quantitative estimate of drug-likeness (QED) is 0.661. The summed E-state index contributed by atoms with van der Waals surface area (Å²) >= 11 is 0. The first-order valence-corrected chi connectivity index (χ1v) is 5.89. The SMILES string of the molecule is Cc1cc(N2CCCNCC2)ccc1[N+](=O)[O-].Cl. The van der Waals surface area contributed by atoms with Crippen LogP contribution in [0.3, 0.4) is 0 Å². The van der Waals surface area contributed by atoms with E-state index in [0.717, 1.165) is 43.9 Å². The Morgan fingerprint density at radius 3 is 2.78 bits per heavy atom. The van der Waals surface area contributed by atoms with E-state index in [1.54, 1.807) is 13.0 Å². The second kappa shape index (κ2) is 6.56. The lowest BCUT2D eigenvalue weighted by Crippen LogP contribution is -2.27. The lowest BCUT2D eigenvalue weighted by molar-refractivity contribution is -0.385. The first-order valence-electron chi connectivity index (χ1n) is 5.89. The van der Waals surface area contributed by atoms with Crippen LogP contribution in [-0.4, -0.2) is 31.1 Å². The van der Waals surface area contributed by atoms with Gasteiger partial charge in [0.1, 0.15) is 0 Å². The maximum absolute atomic E-state index is 10.7. The van der Waals surface area contributed by atoms with Gasteiger partial charge in [-0.3, -0.25) is 10.1 Å². The van der Waals surface area contributed by atoms with Crippen LogP contribution in [0.1, 0.15) is 12.0 Å². The highest BCUT2D eigenvalue weighted by Gasteiger charge is 2.14. The molecule has 100 valence electrons. The summed E-state index contributed by atoms with van der Waals surface area (Å²) in [6, 6.07) is 5.35. The summed E-state index contributed by atoms with van der Waals surface area (Å²) in [5.74, 6) is 0. The second-order valence-corrected chi connectivity index (χ2v) is 4.32. The summed E-state index contributed by atoms with van der Waals surface area (Å²) < 4.78 is 0. The summed E-state index contributed by atoms with van der Waals surface area (Å²) in [4.78, 5) is 12.7. The lowest BCUT2D eigenvalue weighted by atomic mass is 10.1. The van der Waals surface area contributed by atoms with Gasteiger partial charge in [0.25, 0.3) is 5.69 Å². The molecule has 0 aliphatic carbocycles. The van der Waals surface area contributed by atoms with Crippen LogP contribution in [0.25, 0.3) is 0 Å². The van der Waals surface area contributed by atoms with Crippen LogP contribution in [0.2, 0.25) is 0 Å². The third-order valence-corrected chi connectivity index (χ3v) is 3.08. The molecule has 18 heavy (non-hydrogen) atoms. The summed E-state index contributed by atoms with van der Waals surface area (Å²) in [5.41, 5.74) is 2.00. The Bertz CT molecular complexity index is 418. The van der Waals surface area contributed by atoms with Crippen molar-refractivity contribution in [1.82, 2.24) is 5.32 Å². The van der Waals surface area contributed by atoms with E-state index in [0.29, 0.717) is 0 Å². The molecule has 0 atom stereocenters. The highest BCUT2D eigenvalue weighted by Crippen LogP contribution is 2.24. The highest BCUT2D eigenvalue weighted by molar-refractivity contribution is 5.85. The average Bonchev–Trinajstić information content (AvgIpc) is 2.56. The number of benzene rings is 1. The zero-order valence-corrected chi connectivity index (χ0v) is 11.2. The molecule has 6 heteroatoms. The second-order valence-electron chi connectivity index (χ2n) is 4.32. The van der Waals surface area contributed by atoms with E-state index in [9.17, 15) is 10.1 Å². The van der Waals surface area contributed by atoms with Gasteiger partial charge in [0, 0.05) is 37.0 Å². The normalized spacial score (nSPS) is 15.7. The summed E-state index contributed by atoms with van der Waals surface area (Å²) in [6.45, 7) is 5.76. The van der Waals surface area contributed by atoms with E-state index in [2.05, 4.69) is 10.2 Å². The van der Waals surface area contributed by atoms with Crippen LogP contribution in [0.5, 0.6) is 0 Å². The Labute approximate surface area is 113 Å². The Hall–Kier alpha value is -1.33. The highest BCUT2D eigenvalue weighted by atomic mass is 35.5. The van der Waals surface area contributed by atoms with Crippen LogP contribution in [-0.2, 0) is 0 Å². The van der Waals surface area contributed by atoms with E-state index in [4.69, 9.17) is 0 Å². The number of nitrogens with one attached hydrogen (secondary N) is 1. The van der Waals surface area contributed by atoms with Crippen molar-refractivity contribution in [2.24, 2.45) is 0 Å². The molecule has 5 nitrogen and oxygen atoms in total. The molecule has 1 aromatic carbocycles. The molecule has 0 radical (unpaired) electrons. The smallest absolute Gasteiger partial charge is 0.272 e. The fourth-order valence-electron chi connectivity index (χ4n) is 2.15. The van der Waals surface area contributed by atoms with Crippen molar-refractivity contribution in [2.45, 2.75) is 13.3 Å². The van der Waals surface area contributed by atoms with Crippen molar-refractivity contribution in [2.75, 3.05) is 31.1 Å². The number of hydrogen-bond acceptors (Lipinski definition) is 4. The molecule has 1 aliphatic rings. The van der Waals surface area contributed by atoms with E-state index < -0.39 is 0 Å². The van der Waals surface area contributed by atoms with Gasteiger partial charge in [-0.05, 0) is 32.0 Å². The molecule has 1 N–H and O–H groups in total. The Morgan fingerprint density at radius 2 is 2.11 bits per heavy atom. The third-order valence-electron chi connectivity index (χ3n) is 3.08. The average molecular weight is 272 g/mol. The van der Waals surface area contributed by atoms with E-state index >= 15 is 0 Å². The number of aryl methyl sites for hydroxylation is 1. The predicted molar refractivity (Wildman–Crippen MR) is 74.8 cm³/mol. The lowest BCUT2D eigenvalue weighted by Gasteiger charge is -2.22. The van der Waals surface area contributed by atoms with Crippen molar-refractivity contribution >= 4 is 23.8 Å². The number of halogens is 1. The van der Waals surface area contributed by atoms with Gasteiger partial charge >= 0.3 is 0 Å². The molecule has 0 spiro atoms. The molecule has 0 unspecified atom stereocenters. The molecule has 0 bridgehead atoms. The minimum atomic E-state index is -0.330. The van der Waals surface area contributed by atoms with Gasteiger partial charge < -0.3 is 10.2 Å². The fraction of sp³-hybridized carbons (Fsp3) is 0.500. The molecule has 1 saturated heterocycles. The maximum Gasteiger partial charge on any atom is 0.272 e. The van der Waals surface area contributed by atoms with Gasteiger partial charge in [-0.25, -0.2) is 0 Å². The fourth-order valence-corrected chi connectivity index (χ4v) is 2.15. The minimum absolute atomic E-state index is 0. The molecule has 0 aromatic heterocycles. The van der Waals surface area contributed by atoms with E-state index in [1.807, 2.05) is 12.1 Å². The number of nitro groups is 1. The largest absolute Gasteiger partial charge is 0.370 e. The van der Waals surface area contributed by atoms with Crippen LogP contribution in [0, 0.1) is 17.0 Å². The number of hydrogen-bond donors (Lipinski definition) is 1. The molecule has 1 fully saturated rings. The van der Waals surface area contributed by atoms with Gasteiger partial charge in [0.2, 0.25) is 0 Å². The molecule has 1 aromatic rings.